The van der Waals surface area contributed by atoms with Crippen LogP contribution in [0.25, 0.3) is 0 Å². The van der Waals surface area contributed by atoms with Crippen molar-refractivity contribution in [3.05, 3.63) is 0 Å². The van der Waals surface area contributed by atoms with Gasteiger partial charge in [0.1, 0.15) is 0 Å². The van der Waals surface area contributed by atoms with E-state index < -0.39 is 5.79 Å². The molecule has 1 rings (SSSR count). The van der Waals surface area contributed by atoms with Gasteiger partial charge in [-0.05, 0) is 19.8 Å². The van der Waals surface area contributed by atoms with E-state index in [1.807, 2.05) is 0 Å². The minimum absolute atomic E-state index is 0.692. The van der Waals surface area contributed by atoms with E-state index in [0.717, 1.165) is 19.3 Å². The fourth-order valence-electron chi connectivity index (χ4n) is 0.980. The van der Waals surface area contributed by atoms with Crippen molar-refractivity contribution in [1.82, 2.24) is 0 Å². The Morgan fingerprint density at radius 1 is 1.56 bits per heavy atom. The summed E-state index contributed by atoms with van der Waals surface area (Å²) in [6.45, 7) is 2.43. The third-order valence-corrected chi connectivity index (χ3v) is 1.63. The first-order chi connectivity index (χ1) is 4.27. The standard InChI is InChI=1S/C6H12O3/c1-6(9-7)4-2-3-5-8-6/h7H,2-5H2,1H3. The predicted octanol–water partition coefficient (Wildman–Crippen LogP) is 1.39. The molecule has 1 heterocycles. The molecule has 0 saturated carbocycles. The minimum atomic E-state index is -0.724. The second kappa shape index (κ2) is 2.64. The lowest BCUT2D eigenvalue weighted by atomic mass is 10.1. The first kappa shape index (κ1) is 6.99. The van der Waals surface area contributed by atoms with Gasteiger partial charge in [0, 0.05) is 6.42 Å². The molecule has 1 fully saturated rings. The molecule has 3 heteroatoms. The highest BCUT2D eigenvalue weighted by Crippen LogP contribution is 2.23. The van der Waals surface area contributed by atoms with Crippen LogP contribution in [0.3, 0.4) is 0 Å². The largest absolute Gasteiger partial charge is 0.348 e. The summed E-state index contributed by atoms with van der Waals surface area (Å²) in [4.78, 5) is 4.16. The SMILES string of the molecule is CC1(OO)CCCCO1. The Kier molecular flexibility index (Phi) is 2.05. The van der Waals surface area contributed by atoms with Crippen LogP contribution in [0, 0.1) is 0 Å². The highest BCUT2D eigenvalue weighted by molar-refractivity contribution is 4.65. The van der Waals surface area contributed by atoms with Crippen LogP contribution in [0.4, 0.5) is 0 Å². The maximum atomic E-state index is 8.33. The molecular weight excluding hydrogens is 120 g/mol. The Bertz CT molecular complexity index is 86.3. The molecule has 1 aliphatic rings. The summed E-state index contributed by atoms with van der Waals surface area (Å²) in [5.74, 6) is -0.724. The summed E-state index contributed by atoms with van der Waals surface area (Å²) in [5, 5.41) is 8.33. The van der Waals surface area contributed by atoms with Crippen LogP contribution >= 0.6 is 0 Å². The van der Waals surface area contributed by atoms with Gasteiger partial charge in [0.15, 0.2) is 5.79 Å². The van der Waals surface area contributed by atoms with E-state index in [1.165, 1.54) is 0 Å². The van der Waals surface area contributed by atoms with Gasteiger partial charge in [0.25, 0.3) is 0 Å². The first-order valence-electron chi connectivity index (χ1n) is 3.23. The second-order valence-corrected chi connectivity index (χ2v) is 2.53. The van der Waals surface area contributed by atoms with E-state index in [0.29, 0.717) is 6.61 Å². The van der Waals surface area contributed by atoms with Gasteiger partial charge in [-0.2, -0.15) is 0 Å². The quantitative estimate of drug-likeness (QED) is 0.433. The number of hydrogen-bond acceptors (Lipinski definition) is 3. The first-order valence-corrected chi connectivity index (χ1v) is 3.23. The fourth-order valence-corrected chi connectivity index (χ4v) is 0.980. The lowest BCUT2D eigenvalue weighted by Gasteiger charge is -2.29. The number of rotatable bonds is 1. The van der Waals surface area contributed by atoms with Crippen molar-refractivity contribution in [2.75, 3.05) is 6.61 Å². The second-order valence-electron chi connectivity index (χ2n) is 2.53. The highest BCUT2D eigenvalue weighted by Gasteiger charge is 2.28. The van der Waals surface area contributed by atoms with Crippen molar-refractivity contribution < 1.29 is 14.9 Å². The van der Waals surface area contributed by atoms with Crippen molar-refractivity contribution in [3.63, 3.8) is 0 Å². The average molecular weight is 132 g/mol. The summed E-state index contributed by atoms with van der Waals surface area (Å²) in [6, 6.07) is 0. The van der Waals surface area contributed by atoms with Crippen LogP contribution in [0.5, 0.6) is 0 Å². The van der Waals surface area contributed by atoms with E-state index in [1.54, 1.807) is 6.92 Å². The van der Waals surface area contributed by atoms with Gasteiger partial charge in [0.05, 0.1) is 6.61 Å². The van der Waals surface area contributed by atoms with Crippen molar-refractivity contribution in [2.45, 2.75) is 32.0 Å². The van der Waals surface area contributed by atoms with Crippen molar-refractivity contribution in [3.8, 4) is 0 Å². The maximum Gasteiger partial charge on any atom is 0.198 e. The topological polar surface area (TPSA) is 38.7 Å². The zero-order valence-electron chi connectivity index (χ0n) is 5.59. The molecule has 0 bridgehead atoms. The van der Waals surface area contributed by atoms with Crippen LogP contribution in [-0.2, 0) is 9.62 Å². The molecule has 0 aromatic heterocycles. The number of ether oxygens (including phenoxy) is 1. The van der Waals surface area contributed by atoms with E-state index >= 15 is 0 Å². The average Bonchev–Trinajstić information content (AvgIpc) is 1.90. The summed E-state index contributed by atoms with van der Waals surface area (Å²) < 4.78 is 5.14. The van der Waals surface area contributed by atoms with E-state index in [9.17, 15) is 0 Å². The van der Waals surface area contributed by atoms with Gasteiger partial charge in [-0.3, -0.25) is 0 Å². The van der Waals surface area contributed by atoms with Gasteiger partial charge in [0.2, 0.25) is 0 Å². The van der Waals surface area contributed by atoms with Crippen molar-refractivity contribution >= 4 is 0 Å². The smallest absolute Gasteiger partial charge is 0.198 e. The van der Waals surface area contributed by atoms with Gasteiger partial charge >= 0.3 is 0 Å². The zero-order chi connectivity index (χ0) is 6.74. The molecule has 0 radical (unpaired) electrons. The van der Waals surface area contributed by atoms with Crippen LogP contribution < -0.4 is 0 Å². The highest BCUT2D eigenvalue weighted by atomic mass is 17.1. The summed E-state index contributed by atoms with van der Waals surface area (Å²) in [6.07, 6.45) is 2.92. The van der Waals surface area contributed by atoms with E-state index in [-0.39, 0.29) is 0 Å². The van der Waals surface area contributed by atoms with Gasteiger partial charge < -0.3 is 4.74 Å². The summed E-state index contributed by atoms with van der Waals surface area (Å²) in [7, 11) is 0. The predicted molar refractivity (Wildman–Crippen MR) is 31.9 cm³/mol. The van der Waals surface area contributed by atoms with Crippen LogP contribution in [-0.4, -0.2) is 17.7 Å². The molecule has 0 aromatic rings. The molecule has 1 aliphatic heterocycles. The molecule has 1 N–H and O–H groups in total. The van der Waals surface area contributed by atoms with Crippen LogP contribution in [0.15, 0.2) is 0 Å². The third kappa shape index (κ3) is 1.64. The molecule has 1 unspecified atom stereocenters. The van der Waals surface area contributed by atoms with Gasteiger partial charge in [-0.25, -0.2) is 10.1 Å². The monoisotopic (exact) mass is 132 g/mol. The van der Waals surface area contributed by atoms with Crippen LogP contribution in [0.1, 0.15) is 26.2 Å². The number of hydrogen-bond donors (Lipinski definition) is 1. The normalized spacial score (nSPS) is 36.7. The molecule has 1 saturated heterocycles. The molecule has 0 spiro atoms. The molecule has 1 atom stereocenters. The Labute approximate surface area is 54.5 Å². The zero-order valence-corrected chi connectivity index (χ0v) is 5.59. The maximum absolute atomic E-state index is 8.33. The Hall–Kier alpha value is -0.120. The van der Waals surface area contributed by atoms with E-state index in [2.05, 4.69) is 4.89 Å². The molecule has 3 nitrogen and oxygen atoms in total. The molecule has 0 aliphatic carbocycles. The molecule has 0 amide bonds. The lowest BCUT2D eigenvalue weighted by molar-refractivity contribution is -0.405. The van der Waals surface area contributed by atoms with Crippen molar-refractivity contribution in [2.24, 2.45) is 0 Å². The third-order valence-electron chi connectivity index (χ3n) is 1.63. The molecular formula is C6H12O3. The van der Waals surface area contributed by atoms with Crippen molar-refractivity contribution in [1.29, 1.82) is 0 Å². The Morgan fingerprint density at radius 2 is 2.33 bits per heavy atom. The Morgan fingerprint density at radius 3 is 2.67 bits per heavy atom. The fraction of sp³-hybridized carbons (Fsp3) is 1.00. The summed E-state index contributed by atoms with van der Waals surface area (Å²) >= 11 is 0. The van der Waals surface area contributed by atoms with E-state index in [4.69, 9.17) is 9.99 Å². The summed E-state index contributed by atoms with van der Waals surface area (Å²) in [5.41, 5.74) is 0. The van der Waals surface area contributed by atoms with Crippen LogP contribution in [0.2, 0.25) is 0 Å². The minimum Gasteiger partial charge on any atom is -0.348 e. The Balaban J connectivity index is 2.37. The lowest BCUT2D eigenvalue weighted by Crippen LogP contribution is -2.34. The molecule has 0 aromatic carbocycles. The molecule has 54 valence electrons. The molecule has 9 heavy (non-hydrogen) atoms. The van der Waals surface area contributed by atoms with Gasteiger partial charge in [-0.1, -0.05) is 0 Å². The van der Waals surface area contributed by atoms with Gasteiger partial charge in [-0.15, -0.1) is 0 Å².